The quantitative estimate of drug-likeness (QED) is 0.421. The Morgan fingerprint density at radius 3 is 2.53 bits per heavy atom. The number of aromatic amines is 1. The molecule has 0 unspecified atom stereocenters. The van der Waals surface area contributed by atoms with E-state index in [2.05, 4.69) is 10.1 Å². The number of aliphatic hydroxyl groups excluding tert-OH is 1. The number of hydrazone groups is 1. The lowest BCUT2D eigenvalue weighted by Crippen LogP contribution is -2.35. The van der Waals surface area contributed by atoms with Gasteiger partial charge in [0.25, 0.3) is 11.8 Å². The Labute approximate surface area is 209 Å². The number of H-pyrrole nitrogens is 1. The summed E-state index contributed by atoms with van der Waals surface area (Å²) in [5, 5.41) is 16.2. The predicted molar refractivity (Wildman–Crippen MR) is 136 cm³/mol. The molecule has 0 saturated carbocycles. The van der Waals surface area contributed by atoms with Crippen LogP contribution in [0.4, 0.5) is 10.5 Å². The van der Waals surface area contributed by atoms with Crippen molar-refractivity contribution >= 4 is 46.1 Å². The van der Waals surface area contributed by atoms with E-state index in [1.807, 2.05) is 18.2 Å². The molecule has 0 spiro atoms. The average molecular weight is 503 g/mol. The molecule has 0 saturated heterocycles. The van der Waals surface area contributed by atoms with Crippen LogP contribution >= 0.6 is 11.6 Å². The van der Waals surface area contributed by atoms with Gasteiger partial charge in [0.15, 0.2) is 5.43 Å². The molecule has 5 rings (SSSR count). The van der Waals surface area contributed by atoms with Gasteiger partial charge in [0.2, 0.25) is 0 Å². The number of pyridine rings is 1. The molecule has 1 aromatic heterocycles. The van der Waals surface area contributed by atoms with Crippen molar-refractivity contribution in [3.63, 3.8) is 0 Å². The molecular weight excluding hydrogens is 484 g/mol. The number of aliphatic hydroxyl groups is 1. The summed E-state index contributed by atoms with van der Waals surface area (Å²) < 4.78 is 5.38. The zero-order valence-corrected chi connectivity index (χ0v) is 19.7. The maximum Gasteiger partial charge on any atom is 0.419 e. The lowest BCUT2D eigenvalue weighted by molar-refractivity contribution is 0.0739. The lowest BCUT2D eigenvalue weighted by Gasteiger charge is -2.23. The fourth-order valence-electron chi connectivity index (χ4n) is 3.85. The van der Waals surface area contributed by atoms with E-state index in [1.54, 1.807) is 37.4 Å². The van der Waals surface area contributed by atoms with E-state index < -0.39 is 17.9 Å². The van der Waals surface area contributed by atoms with Gasteiger partial charge in [-0.3, -0.25) is 14.5 Å². The number of carbonyl (C=O) groups excluding carboxylic acids is 2. The fraction of sp³-hybridized carbons (Fsp3) is 0.0769. The first-order valence-corrected chi connectivity index (χ1v) is 11.2. The van der Waals surface area contributed by atoms with Crippen molar-refractivity contribution in [3.8, 4) is 5.75 Å². The Morgan fingerprint density at radius 1 is 1.08 bits per heavy atom. The molecule has 4 aromatic rings. The van der Waals surface area contributed by atoms with Crippen LogP contribution in [0.15, 0.2) is 82.7 Å². The molecule has 36 heavy (non-hydrogen) atoms. The minimum Gasteiger partial charge on any atom is -0.491 e. The first kappa shape index (κ1) is 23.1. The molecule has 1 aliphatic rings. The number of ether oxygens (including phenoxy) is 1. The number of para-hydroxylation sites is 1. The van der Waals surface area contributed by atoms with E-state index in [4.69, 9.17) is 16.3 Å². The molecule has 3 aromatic carbocycles. The first-order valence-electron chi connectivity index (χ1n) is 10.9. The van der Waals surface area contributed by atoms with Gasteiger partial charge >= 0.3 is 6.09 Å². The Hall–Kier alpha value is -4.63. The van der Waals surface area contributed by atoms with Gasteiger partial charge in [-0.05, 0) is 54.6 Å². The third kappa shape index (κ3) is 4.27. The second-order valence-corrected chi connectivity index (χ2v) is 8.51. The standard InChI is InChI=1S/C26H19ClN4O5/c1-30(17-5-3-2-4-6-17)26(35)36-18-10-7-15(8-11-18)25(34)31-14-20-22(24(33)29-31)28-21-13-16(27)9-12-19(21)23(20)32/h2-13H,14H2,1H3,(H,28,32)(H,29,33). The summed E-state index contributed by atoms with van der Waals surface area (Å²) in [5.41, 5.74) is 1.37. The summed E-state index contributed by atoms with van der Waals surface area (Å²) in [7, 11) is 1.59. The summed E-state index contributed by atoms with van der Waals surface area (Å²) in [6.45, 7) is -0.134. The van der Waals surface area contributed by atoms with Crippen LogP contribution in [-0.4, -0.2) is 40.0 Å². The number of rotatable bonds is 3. The third-order valence-corrected chi connectivity index (χ3v) is 6.00. The highest BCUT2D eigenvalue weighted by molar-refractivity contribution is 6.31. The van der Waals surface area contributed by atoms with Crippen LogP contribution in [-0.2, 0) is 6.54 Å². The minimum absolute atomic E-state index is 0.134. The van der Waals surface area contributed by atoms with Gasteiger partial charge in [-0.2, -0.15) is 0 Å². The highest BCUT2D eigenvalue weighted by Gasteiger charge is 2.28. The molecule has 2 N–H and O–H groups in total. The maximum absolute atomic E-state index is 13.1. The van der Waals surface area contributed by atoms with Gasteiger partial charge in [0, 0.05) is 28.7 Å². The van der Waals surface area contributed by atoms with Gasteiger partial charge in [-0.1, -0.05) is 29.8 Å². The number of anilines is 1. The summed E-state index contributed by atoms with van der Waals surface area (Å²) in [6, 6.07) is 19.7. The van der Waals surface area contributed by atoms with Crippen LogP contribution in [0, 0.1) is 0 Å². The number of benzene rings is 3. The number of hydrogen-bond acceptors (Lipinski definition) is 5. The first-order chi connectivity index (χ1) is 17.3. The van der Waals surface area contributed by atoms with E-state index in [0.29, 0.717) is 21.6 Å². The van der Waals surface area contributed by atoms with Crippen LogP contribution in [0.1, 0.15) is 21.6 Å². The van der Waals surface area contributed by atoms with Crippen molar-refractivity contribution in [2.45, 2.75) is 6.54 Å². The number of carbonyl (C=O) groups is 2. The average Bonchev–Trinajstić information content (AvgIpc) is 2.89. The Kier molecular flexibility index (Phi) is 5.91. The highest BCUT2D eigenvalue weighted by Crippen LogP contribution is 2.23. The van der Waals surface area contributed by atoms with Gasteiger partial charge in [0.1, 0.15) is 11.4 Å². The highest BCUT2D eigenvalue weighted by atomic mass is 35.5. The largest absolute Gasteiger partial charge is 0.491 e. The third-order valence-electron chi connectivity index (χ3n) is 5.77. The smallest absolute Gasteiger partial charge is 0.419 e. The number of nitrogens with one attached hydrogen (secondary N) is 1. The molecule has 9 nitrogen and oxygen atoms in total. The molecule has 0 atom stereocenters. The van der Waals surface area contributed by atoms with E-state index in [9.17, 15) is 19.5 Å². The molecule has 2 amide bonds. The molecule has 0 bridgehead atoms. The van der Waals surface area contributed by atoms with Crippen LogP contribution in [0.2, 0.25) is 5.02 Å². The normalized spacial score (nSPS) is 12.6. The molecule has 1 aliphatic heterocycles. The second-order valence-electron chi connectivity index (χ2n) is 8.07. The number of hydrogen-bond donors (Lipinski definition) is 2. The van der Waals surface area contributed by atoms with Crippen LogP contribution < -0.4 is 15.1 Å². The maximum atomic E-state index is 13.1. The van der Waals surface area contributed by atoms with Crippen LogP contribution in [0.3, 0.4) is 0 Å². The van der Waals surface area contributed by atoms with Crippen molar-refractivity contribution in [1.29, 1.82) is 0 Å². The van der Waals surface area contributed by atoms with Crippen molar-refractivity contribution in [2.75, 3.05) is 11.9 Å². The monoisotopic (exact) mass is 502 g/mol. The fourth-order valence-corrected chi connectivity index (χ4v) is 4.03. The van der Waals surface area contributed by atoms with Crippen LogP contribution in [0.25, 0.3) is 10.9 Å². The topological polar surface area (TPSA) is 115 Å². The molecule has 2 heterocycles. The molecule has 0 fully saturated rings. The van der Waals surface area contributed by atoms with Gasteiger partial charge in [-0.25, -0.2) is 9.80 Å². The molecule has 10 heteroatoms. The number of fused-ring (bicyclic) bond motifs is 2. The van der Waals surface area contributed by atoms with E-state index >= 15 is 0 Å². The van der Waals surface area contributed by atoms with Crippen molar-refractivity contribution in [2.24, 2.45) is 5.10 Å². The summed E-state index contributed by atoms with van der Waals surface area (Å²) in [5.74, 6) is -0.781. The number of halogens is 1. The predicted octanol–water partition coefficient (Wildman–Crippen LogP) is 4.69. The van der Waals surface area contributed by atoms with Gasteiger partial charge in [0.05, 0.1) is 17.6 Å². The number of nitrogens with zero attached hydrogens (tertiary/aromatic N) is 3. The van der Waals surface area contributed by atoms with Crippen molar-refractivity contribution in [1.82, 2.24) is 9.99 Å². The van der Waals surface area contributed by atoms with Crippen LogP contribution in [0.5, 0.6) is 5.75 Å². The summed E-state index contributed by atoms with van der Waals surface area (Å²) in [6.07, 6.45) is -0.588. The Balaban J connectivity index is 1.34. The van der Waals surface area contributed by atoms with Gasteiger partial charge in [-0.15, -0.1) is 5.10 Å². The van der Waals surface area contributed by atoms with E-state index in [1.165, 1.54) is 29.2 Å². The van der Waals surface area contributed by atoms with E-state index in [0.717, 1.165) is 5.01 Å². The van der Waals surface area contributed by atoms with Crippen molar-refractivity contribution < 1.29 is 19.4 Å². The minimum atomic E-state index is -0.588. The Morgan fingerprint density at radius 2 is 1.81 bits per heavy atom. The SMILES string of the molecule is CN(C(=O)Oc1ccc(C(=O)N2Cc3c([nH]c4cc(Cl)ccc4c3=O)C(O)=N2)cc1)c1ccccc1. The summed E-state index contributed by atoms with van der Waals surface area (Å²) in [4.78, 5) is 42.8. The second kappa shape index (κ2) is 9.20. The Bertz CT molecular complexity index is 1580. The molecule has 180 valence electrons. The van der Waals surface area contributed by atoms with Crippen molar-refractivity contribution in [3.05, 3.63) is 105 Å². The lowest BCUT2D eigenvalue weighted by atomic mass is 10.1. The zero-order valence-electron chi connectivity index (χ0n) is 18.9. The zero-order chi connectivity index (χ0) is 25.4. The molecular formula is C26H19ClN4O5. The van der Waals surface area contributed by atoms with Gasteiger partial charge < -0.3 is 14.8 Å². The number of aromatic nitrogens is 1. The summed E-state index contributed by atoms with van der Waals surface area (Å²) >= 11 is 6.01. The molecule has 0 aliphatic carbocycles. The molecule has 0 radical (unpaired) electrons. The van der Waals surface area contributed by atoms with E-state index in [-0.39, 0.29) is 34.5 Å². The number of amides is 2.